The number of benzene rings is 1. The van der Waals surface area contributed by atoms with E-state index in [0.29, 0.717) is 19.4 Å². The Morgan fingerprint density at radius 3 is 3.05 bits per heavy atom. The summed E-state index contributed by atoms with van der Waals surface area (Å²) >= 11 is 1.66. The summed E-state index contributed by atoms with van der Waals surface area (Å²) in [6, 6.07) is 8.06. The van der Waals surface area contributed by atoms with Gasteiger partial charge in [0.25, 0.3) is 0 Å². The summed E-state index contributed by atoms with van der Waals surface area (Å²) in [6.45, 7) is 1.56. The van der Waals surface area contributed by atoms with Crippen molar-refractivity contribution in [1.82, 2.24) is 19.9 Å². The van der Waals surface area contributed by atoms with Gasteiger partial charge in [0.2, 0.25) is 5.91 Å². The molecular weight excluding hydrogens is 296 g/mol. The molecule has 6 heteroatoms. The maximum atomic E-state index is 11.8. The maximum absolute atomic E-state index is 11.8. The summed E-state index contributed by atoms with van der Waals surface area (Å²) in [4.78, 5) is 20.4. The van der Waals surface area contributed by atoms with Crippen LogP contribution in [0.5, 0.6) is 0 Å². The van der Waals surface area contributed by atoms with E-state index in [2.05, 4.69) is 21.4 Å². The number of aryl methyl sites for hydroxylation is 2. The van der Waals surface area contributed by atoms with Crippen LogP contribution in [0, 0.1) is 0 Å². The largest absolute Gasteiger partial charge is 0.356 e. The molecule has 114 valence electrons. The highest BCUT2D eigenvalue weighted by Gasteiger charge is 2.06. The standard InChI is InChI=1S/C16H18N4OS/c21-15(18-8-3-10-20-11-9-17-12-20)6-7-16-19-13-4-1-2-5-14(13)22-16/h1-2,4-5,9,11-12H,3,6-8,10H2,(H,18,21). The van der Waals surface area contributed by atoms with Gasteiger partial charge in [-0.1, -0.05) is 12.1 Å². The number of aromatic nitrogens is 3. The summed E-state index contributed by atoms with van der Waals surface area (Å²) < 4.78 is 3.19. The summed E-state index contributed by atoms with van der Waals surface area (Å²) in [5.74, 6) is 0.0879. The van der Waals surface area contributed by atoms with Crippen LogP contribution in [0.4, 0.5) is 0 Å². The highest BCUT2D eigenvalue weighted by Crippen LogP contribution is 2.22. The topological polar surface area (TPSA) is 59.8 Å². The Kier molecular flexibility index (Phi) is 4.80. The van der Waals surface area contributed by atoms with Gasteiger partial charge < -0.3 is 9.88 Å². The van der Waals surface area contributed by atoms with Gasteiger partial charge in [0.1, 0.15) is 0 Å². The number of thiazole rings is 1. The normalized spacial score (nSPS) is 10.9. The van der Waals surface area contributed by atoms with Gasteiger partial charge in [-0.2, -0.15) is 0 Å². The van der Waals surface area contributed by atoms with Crippen LogP contribution in [-0.2, 0) is 17.8 Å². The molecule has 0 saturated carbocycles. The van der Waals surface area contributed by atoms with Gasteiger partial charge in [-0.3, -0.25) is 4.79 Å². The monoisotopic (exact) mass is 314 g/mol. The van der Waals surface area contributed by atoms with Crippen molar-refractivity contribution in [2.75, 3.05) is 6.54 Å². The lowest BCUT2D eigenvalue weighted by molar-refractivity contribution is -0.121. The molecule has 0 spiro atoms. The number of hydrogen-bond acceptors (Lipinski definition) is 4. The van der Waals surface area contributed by atoms with Crippen LogP contribution >= 0.6 is 11.3 Å². The van der Waals surface area contributed by atoms with Gasteiger partial charge in [-0.25, -0.2) is 9.97 Å². The SMILES string of the molecule is O=C(CCc1nc2ccccc2s1)NCCCn1ccnc1. The molecule has 0 unspecified atom stereocenters. The highest BCUT2D eigenvalue weighted by molar-refractivity contribution is 7.18. The van der Waals surface area contributed by atoms with Gasteiger partial charge in [0.05, 0.1) is 21.6 Å². The second-order valence-corrected chi connectivity index (χ2v) is 6.19. The number of fused-ring (bicyclic) bond motifs is 1. The van der Waals surface area contributed by atoms with Crippen LogP contribution in [-0.4, -0.2) is 27.0 Å². The van der Waals surface area contributed by atoms with E-state index < -0.39 is 0 Å². The van der Waals surface area contributed by atoms with Crippen LogP contribution in [0.25, 0.3) is 10.2 Å². The highest BCUT2D eigenvalue weighted by atomic mass is 32.1. The fraction of sp³-hybridized carbons (Fsp3) is 0.312. The smallest absolute Gasteiger partial charge is 0.220 e. The molecule has 3 aromatic rings. The molecule has 0 aliphatic heterocycles. The van der Waals surface area contributed by atoms with Gasteiger partial charge >= 0.3 is 0 Å². The van der Waals surface area contributed by atoms with Crippen molar-refractivity contribution in [2.45, 2.75) is 25.8 Å². The first kappa shape index (κ1) is 14.7. The Morgan fingerprint density at radius 1 is 1.32 bits per heavy atom. The number of nitrogens with one attached hydrogen (secondary N) is 1. The molecular formula is C16H18N4OS. The number of rotatable bonds is 7. The Bertz CT molecular complexity index is 703. The lowest BCUT2D eigenvalue weighted by Crippen LogP contribution is -2.25. The second kappa shape index (κ2) is 7.17. The lowest BCUT2D eigenvalue weighted by atomic mass is 10.3. The fourth-order valence-corrected chi connectivity index (χ4v) is 3.21. The van der Waals surface area contributed by atoms with Crippen LogP contribution in [0.3, 0.4) is 0 Å². The molecule has 3 rings (SSSR count). The van der Waals surface area contributed by atoms with Crippen molar-refractivity contribution >= 4 is 27.5 Å². The zero-order valence-corrected chi connectivity index (χ0v) is 13.1. The number of nitrogens with zero attached hydrogens (tertiary/aromatic N) is 3. The number of carbonyl (C=O) groups excluding carboxylic acids is 1. The molecule has 0 aliphatic carbocycles. The summed E-state index contributed by atoms with van der Waals surface area (Å²) in [7, 11) is 0. The summed E-state index contributed by atoms with van der Waals surface area (Å²) in [6.07, 6.45) is 7.57. The quantitative estimate of drug-likeness (QED) is 0.682. The maximum Gasteiger partial charge on any atom is 0.220 e. The number of amides is 1. The van der Waals surface area contributed by atoms with Crippen molar-refractivity contribution in [1.29, 1.82) is 0 Å². The molecule has 0 fully saturated rings. The number of para-hydroxylation sites is 1. The molecule has 0 atom stereocenters. The molecule has 1 N–H and O–H groups in total. The minimum absolute atomic E-state index is 0.0879. The second-order valence-electron chi connectivity index (χ2n) is 5.08. The minimum Gasteiger partial charge on any atom is -0.356 e. The number of carbonyl (C=O) groups is 1. The number of imidazole rings is 1. The molecule has 2 heterocycles. The van der Waals surface area contributed by atoms with E-state index in [0.717, 1.165) is 23.5 Å². The van der Waals surface area contributed by atoms with Crippen molar-refractivity contribution in [2.24, 2.45) is 0 Å². The zero-order chi connectivity index (χ0) is 15.2. The first-order valence-corrected chi connectivity index (χ1v) is 8.20. The average molecular weight is 314 g/mol. The Hall–Kier alpha value is -2.21. The van der Waals surface area contributed by atoms with E-state index in [9.17, 15) is 4.79 Å². The van der Waals surface area contributed by atoms with Crippen LogP contribution in [0.2, 0.25) is 0 Å². The van der Waals surface area contributed by atoms with E-state index in [1.165, 1.54) is 4.70 Å². The molecule has 1 aromatic carbocycles. The third-order valence-corrected chi connectivity index (χ3v) is 4.47. The predicted octanol–water partition coefficient (Wildman–Crippen LogP) is 2.63. The molecule has 0 aliphatic rings. The Morgan fingerprint density at radius 2 is 2.23 bits per heavy atom. The average Bonchev–Trinajstić information content (AvgIpc) is 3.18. The molecule has 5 nitrogen and oxygen atoms in total. The Balaban J connectivity index is 1.38. The third kappa shape index (κ3) is 3.92. The predicted molar refractivity (Wildman–Crippen MR) is 87.8 cm³/mol. The van der Waals surface area contributed by atoms with E-state index in [1.807, 2.05) is 29.0 Å². The lowest BCUT2D eigenvalue weighted by Gasteiger charge is -2.05. The van der Waals surface area contributed by atoms with Crippen LogP contribution in [0.15, 0.2) is 43.0 Å². The summed E-state index contributed by atoms with van der Waals surface area (Å²) in [5, 5.41) is 3.98. The molecule has 2 aromatic heterocycles. The molecule has 22 heavy (non-hydrogen) atoms. The van der Waals surface area contributed by atoms with Crippen molar-refractivity contribution < 1.29 is 4.79 Å². The van der Waals surface area contributed by atoms with Gasteiger partial charge in [-0.05, 0) is 18.6 Å². The first-order chi connectivity index (χ1) is 10.8. The van der Waals surface area contributed by atoms with Crippen molar-refractivity contribution in [3.8, 4) is 0 Å². The van der Waals surface area contributed by atoms with Gasteiger partial charge in [-0.15, -0.1) is 11.3 Å². The molecule has 0 saturated heterocycles. The van der Waals surface area contributed by atoms with E-state index in [4.69, 9.17) is 0 Å². The first-order valence-electron chi connectivity index (χ1n) is 7.38. The minimum atomic E-state index is 0.0879. The Labute approximate surface area is 133 Å². The van der Waals surface area contributed by atoms with Crippen molar-refractivity contribution in [3.05, 3.63) is 48.0 Å². The molecule has 0 radical (unpaired) electrons. The van der Waals surface area contributed by atoms with Crippen LogP contribution < -0.4 is 5.32 Å². The van der Waals surface area contributed by atoms with E-state index >= 15 is 0 Å². The number of hydrogen-bond donors (Lipinski definition) is 1. The van der Waals surface area contributed by atoms with Crippen LogP contribution in [0.1, 0.15) is 17.8 Å². The summed E-state index contributed by atoms with van der Waals surface area (Å²) in [5.41, 5.74) is 1.02. The van der Waals surface area contributed by atoms with Gasteiger partial charge in [0.15, 0.2) is 0 Å². The molecule has 1 amide bonds. The third-order valence-electron chi connectivity index (χ3n) is 3.38. The van der Waals surface area contributed by atoms with E-state index in [1.54, 1.807) is 23.9 Å². The fourth-order valence-electron chi connectivity index (χ4n) is 2.24. The van der Waals surface area contributed by atoms with Crippen molar-refractivity contribution in [3.63, 3.8) is 0 Å². The van der Waals surface area contributed by atoms with E-state index in [-0.39, 0.29) is 5.91 Å². The zero-order valence-electron chi connectivity index (χ0n) is 12.2. The van der Waals surface area contributed by atoms with Gasteiger partial charge in [0, 0.05) is 38.3 Å². The molecule has 0 bridgehead atoms.